The highest BCUT2D eigenvalue weighted by atomic mass is 19.4. The Morgan fingerprint density at radius 3 is 2.14 bits per heavy atom. The van der Waals surface area contributed by atoms with Gasteiger partial charge in [0.15, 0.2) is 0 Å². The topological polar surface area (TPSA) is 15.3 Å². The summed E-state index contributed by atoms with van der Waals surface area (Å²) in [4.78, 5) is 1.35. The number of halogens is 3. The first kappa shape index (κ1) is 18.0. The Balaban J connectivity index is 2.88. The average Bonchev–Trinajstić information content (AvgIpc) is 2.42. The van der Waals surface area contributed by atoms with E-state index in [1.807, 2.05) is 38.1 Å². The van der Waals surface area contributed by atoms with Crippen molar-refractivity contribution in [2.24, 2.45) is 0 Å². The van der Waals surface area contributed by atoms with Crippen LogP contribution in [0.2, 0.25) is 0 Å². The maximum Gasteiger partial charge on any atom is 0.401 e. The van der Waals surface area contributed by atoms with Gasteiger partial charge in [0.05, 0.1) is 6.54 Å². The molecule has 2 atom stereocenters. The van der Waals surface area contributed by atoms with E-state index in [1.54, 1.807) is 0 Å². The second kappa shape index (κ2) is 7.80. The number of nitrogens with one attached hydrogen (secondary N) is 1. The van der Waals surface area contributed by atoms with E-state index in [0.29, 0.717) is 6.54 Å². The summed E-state index contributed by atoms with van der Waals surface area (Å²) >= 11 is 0. The monoisotopic (exact) mass is 302 g/mol. The molecule has 5 heteroatoms. The van der Waals surface area contributed by atoms with Crippen molar-refractivity contribution in [2.75, 3.05) is 20.1 Å². The van der Waals surface area contributed by atoms with Crippen molar-refractivity contribution in [1.82, 2.24) is 10.2 Å². The summed E-state index contributed by atoms with van der Waals surface area (Å²) in [6, 6.07) is 7.72. The van der Waals surface area contributed by atoms with E-state index in [1.165, 1.54) is 17.5 Å². The fourth-order valence-electron chi connectivity index (χ4n) is 2.43. The maximum absolute atomic E-state index is 12.6. The molecule has 0 aliphatic rings. The number of hydrogen-bond donors (Lipinski definition) is 1. The summed E-state index contributed by atoms with van der Waals surface area (Å²) in [6.45, 7) is 5.68. The smallest absolute Gasteiger partial charge is 0.309 e. The zero-order valence-corrected chi connectivity index (χ0v) is 13.2. The molecule has 0 radical (unpaired) electrons. The molecule has 0 saturated heterocycles. The van der Waals surface area contributed by atoms with Gasteiger partial charge in [-0.3, -0.25) is 4.90 Å². The summed E-state index contributed by atoms with van der Waals surface area (Å²) in [7, 11) is 1.52. The van der Waals surface area contributed by atoms with Gasteiger partial charge in [-0.15, -0.1) is 0 Å². The summed E-state index contributed by atoms with van der Waals surface area (Å²) in [5.74, 6) is 0. The Bertz CT molecular complexity index is 415. The number of rotatable bonds is 7. The third kappa shape index (κ3) is 5.67. The number of hydrogen-bond acceptors (Lipinski definition) is 2. The zero-order chi connectivity index (χ0) is 16.0. The van der Waals surface area contributed by atoms with Crippen molar-refractivity contribution >= 4 is 0 Å². The standard InChI is InChI=1S/C16H25F3N2/c1-5-13-7-9-14(10-8-13)15(20-6-2)12(3)21(4)11-16(17,18)19/h7-10,12,15,20H,5-6,11H2,1-4H3. The molecule has 1 aromatic carbocycles. The van der Waals surface area contributed by atoms with E-state index in [-0.39, 0.29) is 12.1 Å². The molecule has 2 nitrogen and oxygen atoms in total. The predicted molar refractivity (Wildman–Crippen MR) is 80.4 cm³/mol. The lowest BCUT2D eigenvalue weighted by atomic mass is 9.97. The highest BCUT2D eigenvalue weighted by Gasteiger charge is 2.33. The molecule has 0 amide bonds. The first-order valence-electron chi connectivity index (χ1n) is 7.37. The number of aryl methyl sites for hydroxylation is 1. The van der Waals surface area contributed by atoms with Crippen molar-refractivity contribution in [2.45, 2.75) is 45.5 Å². The van der Waals surface area contributed by atoms with Crippen LogP contribution in [0.15, 0.2) is 24.3 Å². The van der Waals surface area contributed by atoms with Crippen molar-refractivity contribution in [3.8, 4) is 0 Å². The molecule has 21 heavy (non-hydrogen) atoms. The van der Waals surface area contributed by atoms with Crippen LogP contribution in [0.4, 0.5) is 13.2 Å². The summed E-state index contributed by atoms with van der Waals surface area (Å²) in [5, 5.41) is 3.29. The van der Waals surface area contributed by atoms with E-state index >= 15 is 0 Å². The van der Waals surface area contributed by atoms with Crippen LogP contribution in [-0.2, 0) is 6.42 Å². The lowest BCUT2D eigenvalue weighted by Gasteiger charge is -2.33. The minimum atomic E-state index is -4.17. The van der Waals surface area contributed by atoms with Gasteiger partial charge in [-0.1, -0.05) is 38.1 Å². The van der Waals surface area contributed by atoms with Gasteiger partial charge in [0.2, 0.25) is 0 Å². The number of nitrogens with zero attached hydrogens (tertiary/aromatic N) is 1. The fourth-order valence-corrected chi connectivity index (χ4v) is 2.43. The van der Waals surface area contributed by atoms with Crippen LogP contribution in [0, 0.1) is 0 Å². The first-order chi connectivity index (χ1) is 9.78. The second-order valence-electron chi connectivity index (χ2n) is 5.40. The summed E-state index contributed by atoms with van der Waals surface area (Å²) < 4.78 is 37.7. The average molecular weight is 302 g/mol. The normalized spacial score (nSPS) is 15.2. The Kier molecular flexibility index (Phi) is 6.68. The van der Waals surface area contributed by atoms with E-state index < -0.39 is 12.7 Å². The van der Waals surface area contributed by atoms with Crippen LogP contribution in [0.5, 0.6) is 0 Å². The highest BCUT2D eigenvalue weighted by Crippen LogP contribution is 2.24. The largest absolute Gasteiger partial charge is 0.401 e. The van der Waals surface area contributed by atoms with Gasteiger partial charge in [0.1, 0.15) is 0 Å². The van der Waals surface area contributed by atoms with Crippen molar-refractivity contribution in [3.05, 3.63) is 35.4 Å². The number of alkyl halides is 3. The van der Waals surface area contributed by atoms with Gasteiger partial charge in [0, 0.05) is 12.1 Å². The molecule has 1 rings (SSSR count). The summed E-state index contributed by atoms with van der Waals surface area (Å²) in [6.07, 6.45) is -3.22. The quantitative estimate of drug-likeness (QED) is 0.824. The Morgan fingerprint density at radius 2 is 1.71 bits per heavy atom. The van der Waals surface area contributed by atoms with E-state index in [0.717, 1.165) is 12.0 Å². The molecule has 0 spiro atoms. The third-order valence-corrected chi connectivity index (χ3v) is 3.78. The summed E-state index contributed by atoms with van der Waals surface area (Å²) in [5.41, 5.74) is 2.25. The Labute approximate surface area is 125 Å². The number of benzene rings is 1. The molecule has 120 valence electrons. The van der Waals surface area contributed by atoms with Gasteiger partial charge in [-0.05, 0) is 38.1 Å². The van der Waals surface area contributed by atoms with Gasteiger partial charge in [-0.2, -0.15) is 13.2 Å². The van der Waals surface area contributed by atoms with E-state index in [9.17, 15) is 13.2 Å². The fraction of sp³-hybridized carbons (Fsp3) is 0.625. The molecule has 0 aliphatic carbocycles. The van der Waals surface area contributed by atoms with Crippen LogP contribution < -0.4 is 5.32 Å². The predicted octanol–water partition coefficient (Wildman–Crippen LogP) is 3.78. The molecule has 0 bridgehead atoms. The molecular formula is C16H25F3N2. The molecule has 1 N–H and O–H groups in total. The van der Waals surface area contributed by atoms with Crippen LogP contribution in [0.25, 0.3) is 0 Å². The minimum absolute atomic E-state index is 0.117. The molecule has 0 fully saturated rings. The highest BCUT2D eigenvalue weighted by molar-refractivity contribution is 5.26. The van der Waals surface area contributed by atoms with Gasteiger partial charge in [-0.25, -0.2) is 0 Å². The molecule has 0 aromatic heterocycles. The Hall–Kier alpha value is -1.07. The number of likely N-dealkylation sites (N-methyl/N-ethyl adjacent to an activating group) is 2. The van der Waals surface area contributed by atoms with Crippen LogP contribution >= 0.6 is 0 Å². The van der Waals surface area contributed by atoms with Crippen molar-refractivity contribution in [3.63, 3.8) is 0 Å². The lowest BCUT2D eigenvalue weighted by Crippen LogP contribution is -2.44. The molecule has 2 unspecified atom stereocenters. The zero-order valence-electron chi connectivity index (χ0n) is 13.2. The second-order valence-corrected chi connectivity index (χ2v) is 5.40. The lowest BCUT2D eigenvalue weighted by molar-refractivity contribution is -0.148. The maximum atomic E-state index is 12.6. The van der Waals surface area contributed by atoms with E-state index in [2.05, 4.69) is 12.2 Å². The molecule has 1 aromatic rings. The van der Waals surface area contributed by atoms with Gasteiger partial charge < -0.3 is 5.32 Å². The molecule has 0 aliphatic heterocycles. The van der Waals surface area contributed by atoms with Crippen LogP contribution in [0.1, 0.15) is 37.9 Å². The van der Waals surface area contributed by atoms with Crippen molar-refractivity contribution in [1.29, 1.82) is 0 Å². The van der Waals surface area contributed by atoms with E-state index in [4.69, 9.17) is 0 Å². The minimum Gasteiger partial charge on any atom is -0.309 e. The van der Waals surface area contributed by atoms with Crippen molar-refractivity contribution < 1.29 is 13.2 Å². The molecular weight excluding hydrogens is 277 g/mol. The molecule has 0 heterocycles. The first-order valence-corrected chi connectivity index (χ1v) is 7.37. The van der Waals surface area contributed by atoms with Gasteiger partial charge >= 0.3 is 6.18 Å². The SMILES string of the molecule is CCNC(c1ccc(CC)cc1)C(C)N(C)CC(F)(F)F. The van der Waals surface area contributed by atoms with Gasteiger partial charge in [0.25, 0.3) is 0 Å². The van der Waals surface area contributed by atoms with Crippen LogP contribution in [0.3, 0.4) is 0 Å². The Morgan fingerprint density at radius 1 is 1.14 bits per heavy atom. The molecule has 0 saturated carbocycles. The third-order valence-electron chi connectivity index (χ3n) is 3.78. The van der Waals surface area contributed by atoms with Crippen LogP contribution in [-0.4, -0.2) is 37.3 Å².